The van der Waals surface area contributed by atoms with Gasteiger partial charge in [-0.15, -0.1) is 0 Å². The first-order valence-corrected chi connectivity index (χ1v) is 6.09. The van der Waals surface area contributed by atoms with Crippen LogP contribution in [0.2, 0.25) is 0 Å². The second-order valence-corrected chi connectivity index (χ2v) is 4.21. The standard InChI is InChI=1S/C13H18N4O2/c1-10(13(18)19-2)9-11-3-5-12(6-4-11)15-7-8-16-17-14/h3-6,10,15H,7-9H2,1-2H3/t10-/m0/s1. The van der Waals surface area contributed by atoms with Crippen LogP contribution in [0.15, 0.2) is 29.4 Å². The number of methoxy groups -OCH3 is 1. The minimum absolute atomic E-state index is 0.145. The molecule has 1 N–H and O–H groups in total. The van der Waals surface area contributed by atoms with E-state index in [-0.39, 0.29) is 11.9 Å². The number of ether oxygens (including phenoxy) is 1. The van der Waals surface area contributed by atoms with Crippen molar-refractivity contribution in [2.45, 2.75) is 13.3 Å². The van der Waals surface area contributed by atoms with Crippen LogP contribution in [0.5, 0.6) is 0 Å². The zero-order chi connectivity index (χ0) is 14.1. The third-order valence-electron chi connectivity index (χ3n) is 2.70. The van der Waals surface area contributed by atoms with Gasteiger partial charge in [0.05, 0.1) is 13.0 Å². The summed E-state index contributed by atoms with van der Waals surface area (Å²) in [4.78, 5) is 14.0. The van der Waals surface area contributed by atoms with E-state index in [0.29, 0.717) is 19.5 Å². The highest BCUT2D eigenvalue weighted by Crippen LogP contribution is 2.13. The molecule has 0 saturated carbocycles. The van der Waals surface area contributed by atoms with E-state index >= 15 is 0 Å². The van der Waals surface area contributed by atoms with E-state index in [9.17, 15) is 4.79 Å². The summed E-state index contributed by atoms with van der Waals surface area (Å²) in [6.07, 6.45) is 0.658. The van der Waals surface area contributed by atoms with Gasteiger partial charge in [0.15, 0.2) is 0 Å². The number of anilines is 1. The second-order valence-electron chi connectivity index (χ2n) is 4.21. The third-order valence-corrected chi connectivity index (χ3v) is 2.70. The zero-order valence-electron chi connectivity index (χ0n) is 11.2. The van der Waals surface area contributed by atoms with Gasteiger partial charge in [-0.25, -0.2) is 0 Å². The molecule has 1 atom stereocenters. The molecule has 102 valence electrons. The van der Waals surface area contributed by atoms with Crippen molar-refractivity contribution in [3.8, 4) is 0 Å². The Morgan fingerprint density at radius 3 is 2.74 bits per heavy atom. The molecular weight excluding hydrogens is 244 g/mol. The molecule has 0 bridgehead atoms. The van der Waals surface area contributed by atoms with Crippen molar-refractivity contribution in [1.29, 1.82) is 0 Å². The molecule has 0 aliphatic rings. The Kier molecular flexibility index (Phi) is 6.26. The van der Waals surface area contributed by atoms with Crippen molar-refractivity contribution >= 4 is 11.7 Å². The number of nitrogens with one attached hydrogen (secondary N) is 1. The van der Waals surface area contributed by atoms with E-state index in [1.165, 1.54) is 7.11 Å². The van der Waals surface area contributed by atoms with Gasteiger partial charge in [0, 0.05) is 23.7 Å². The van der Waals surface area contributed by atoms with Crippen molar-refractivity contribution in [3.63, 3.8) is 0 Å². The molecule has 0 aliphatic carbocycles. The number of rotatable bonds is 7. The summed E-state index contributed by atoms with van der Waals surface area (Å²) in [7, 11) is 1.40. The Balaban J connectivity index is 2.47. The molecule has 0 unspecified atom stereocenters. The molecule has 0 saturated heterocycles. The van der Waals surface area contributed by atoms with Gasteiger partial charge in [0.25, 0.3) is 0 Å². The van der Waals surface area contributed by atoms with Crippen LogP contribution in [-0.2, 0) is 16.0 Å². The molecule has 0 heterocycles. The molecule has 6 heteroatoms. The molecule has 6 nitrogen and oxygen atoms in total. The van der Waals surface area contributed by atoms with Gasteiger partial charge >= 0.3 is 5.97 Å². The van der Waals surface area contributed by atoms with Crippen LogP contribution in [-0.4, -0.2) is 26.2 Å². The number of benzene rings is 1. The molecule has 0 aromatic heterocycles. The average molecular weight is 262 g/mol. The van der Waals surface area contributed by atoms with Gasteiger partial charge in [-0.05, 0) is 29.6 Å². The van der Waals surface area contributed by atoms with Crippen LogP contribution in [0.4, 0.5) is 5.69 Å². The van der Waals surface area contributed by atoms with Gasteiger partial charge in [-0.1, -0.05) is 24.2 Å². The summed E-state index contributed by atoms with van der Waals surface area (Å²) < 4.78 is 4.69. The van der Waals surface area contributed by atoms with Gasteiger partial charge < -0.3 is 10.1 Å². The lowest BCUT2D eigenvalue weighted by molar-refractivity contribution is -0.144. The Labute approximate surface area is 112 Å². The number of esters is 1. The van der Waals surface area contributed by atoms with Crippen LogP contribution < -0.4 is 5.32 Å². The van der Waals surface area contributed by atoms with Crippen molar-refractivity contribution in [1.82, 2.24) is 0 Å². The normalized spacial score (nSPS) is 11.3. The Morgan fingerprint density at radius 1 is 1.47 bits per heavy atom. The Morgan fingerprint density at radius 2 is 2.16 bits per heavy atom. The van der Waals surface area contributed by atoms with E-state index in [1.807, 2.05) is 31.2 Å². The number of nitrogens with zero attached hydrogens (tertiary/aromatic N) is 3. The maximum absolute atomic E-state index is 11.3. The summed E-state index contributed by atoms with van der Waals surface area (Å²) in [5, 5.41) is 6.58. The topological polar surface area (TPSA) is 87.1 Å². The van der Waals surface area contributed by atoms with Gasteiger partial charge in [-0.2, -0.15) is 0 Å². The highest BCUT2D eigenvalue weighted by atomic mass is 16.5. The van der Waals surface area contributed by atoms with Crippen LogP contribution in [0.1, 0.15) is 12.5 Å². The predicted molar refractivity (Wildman–Crippen MR) is 73.8 cm³/mol. The number of hydrogen-bond donors (Lipinski definition) is 1. The van der Waals surface area contributed by atoms with E-state index in [0.717, 1.165) is 11.3 Å². The quantitative estimate of drug-likeness (QED) is 0.269. The van der Waals surface area contributed by atoms with Gasteiger partial charge in [0.2, 0.25) is 0 Å². The van der Waals surface area contributed by atoms with Crippen LogP contribution in [0.3, 0.4) is 0 Å². The van der Waals surface area contributed by atoms with Crippen molar-refractivity contribution in [2.75, 3.05) is 25.5 Å². The minimum atomic E-state index is -0.198. The van der Waals surface area contributed by atoms with Crippen LogP contribution in [0.25, 0.3) is 10.4 Å². The van der Waals surface area contributed by atoms with Crippen molar-refractivity contribution in [3.05, 3.63) is 40.3 Å². The lowest BCUT2D eigenvalue weighted by Crippen LogP contribution is -2.15. The third kappa shape index (κ3) is 5.31. The van der Waals surface area contributed by atoms with E-state index in [2.05, 4.69) is 15.3 Å². The van der Waals surface area contributed by atoms with E-state index in [1.54, 1.807) is 0 Å². The smallest absolute Gasteiger partial charge is 0.308 e. The van der Waals surface area contributed by atoms with Crippen molar-refractivity contribution in [2.24, 2.45) is 11.0 Å². The van der Waals surface area contributed by atoms with Gasteiger partial charge in [-0.3, -0.25) is 4.79 Å². The average Bonchev–Trinajstić information content (AvgIpc) is 2.44. The fourth-order valence-electron chi connectivity index (χ4n) is 1.69. The number of hydrogen-bond acceptors (Lipinski definition) is 4. The minimum Gasteiger partial charge on any atom is -0.469 e. The summed E-state index contributed by atoms with van der Waals surface area (Å²) >= 11 is 0. The molecule has 0 amide bonds. The molecule has 1 rings (SSSR count). The lowest BCUT2D eigenvalue weighted by Gasteiger charge is -2.10. The van der Waals surface area contributed by atoms with Crippen molar-refractivity contribution < 1.29 is 9.53 Å². The zero-order valence-corrected chi connectivity index (χ0v) is 11.2. The molecule has 19 heavy (non-hydrogen) atoms. The molecule has 0 spiro atoms. The molecule has 1 aromatic rings. The monoisotopic (exact) mass is 262 g/mol. The molecular formula is C13H18N4O2. The molecule has 1 aromatic carbocycles. The Hall–Kier alpha value is -2.20. The summed E-state index contributed by atoms with van der Waals surface area (Å²) in [6, 6.07) is 7.81. The van der Waals surface area contributed by atoms with Crippen LogP contribution in [0, 0.1) is 5.92 Å². The number of azide groups is 1. The summed E-state index contributed by atoms with van der Waals surface area (Å²) in [5.74, 6) is -0.342. The van der Waals surface area contributed by atoms with Gasteiger partial charge in [0.1, 0.15) is 0 Å². The Bertz CT molecular complexity index is 452. The fraction of sp³-hybridized carbons (Fsp3) is 0.462. The molecule has 0 fully saturated rings. The number of carbonyl (C=O) groups excluding carboxylic acids is 1. The second kappa shape index (κ2) is 8.00. The highest BCUT2D eigenvalue weighted by Gasteiger charge is 2.13. The first kappa shape index (κ1) is 14.9. The van der Waals surface area contributed by atoms with E-state index < -0.39 is 0 Å². The predicted octanol–water partition coefficient (Wildman–Crippen LogP) is 2.76. The van der Waals surface area contributed by atoms with E-state index in [4.69, 9.17) is 10.3 Å². The lowest BCUT2D eigenvalue weighted by atomic mass is 10.0. The SMILES string of the molecule is COC(=O)[C@@H](C)Cc1ccc(NCCN=[N+]=[N-])cc1. The summed E-state index contributed by atoms with van der Waals surface area (Å²) in [6.45, 7) is 2.86. The molecule has 0 aliphatic heterocycles. The van der Waals surface area contributed by atoms with Crippen LogP contribution >= 0.6 is 0 Å². The first-order valence-electron chi connectivity index (χ1n) is 6.09. The summed E-state index contributed by atoms with van der Waals surface area (Å²) in [5.41, 5.74) is 10.2. The largest absolute Gasteiger partial charge is 0.469 e. The maximum Gasteiger partial charge on any atom is 0.308 e. The highest BCUT2D eigenvalue weighted by molar-refractivity contribution is 5.72. The fourth-order valence-corrected chi connectivity index (χ4v) is 1.69. The maximum atomic E-state index is 11.3. The first-order chi connectivity index (χ1) is 9.17. The number of carbonyl (C=O) groups is 1. The molecule has 0 radical (unpaired) electrons.